The molecule has 3 N–H and O–H groups in total. The Balaban J connectivity index is 2.34. The van der Waals surface area contributed by atoms with Gasteiger partial charge in [-0.15, -0.1) is 0 Å². The van der Waals surface area contributed by atoms with E-state index in [1.54, 1.807) is 18.2 Å². The molecule has 0 spiro atoms. The van der Waals surface area contributed by atoms with E-state index in [1.165, 1.54) is 0 Å². The van der Waals surface area contributed by atoms with E-state index in [0.717, 1.165) is 19.6 Å². The number of hydrogen-bond acceptors (Lipinski definition) is 4. The third kappa shape index (κ3) is 2.68. The first-order valence-electron chi connectivity index (χ1n) is 5.64. The Labute approximate surface area is 99.8 Å². The molecule has 0 amide bonds. The number of anilines is 2. The van der Waals surface area contributed by atoms with Crippen LogP contribution >= 0.6 is 0 Å². The molecule has 1 fully saturated rings. The fourth-order valence-corrected chi connectivity index (χ4v) is 1.98. The number of rotatable bonds is 2. The van der Waals surface area contributed by atoms with E-state index in [4.69, 9.17) is 15.6 Å². The lowest BCUT2D eigenvalue weighted by atomic mass is 10.1. The maximum absolute atomic E-state index is 11.2. The van der Waals surface area contributed by atoms with Crippen molar-refractivity contribution in [1.29, 1.82) is 0 Å². The Hall–Kier alpha value is -1.75. The van der Waals surface area contributed by atoms with Crippen LogP contribution in [0.5, 0.6) is 0 Å². The quantitative estimate of drug-likeness (QED) is 0.754. The molecule has 2 rings (SSSR count). The molecule has 5 heteroatoms. The summed E-state index contributed by atoms with van der Waals surface area (Å²) >= 11 is 0. The van der Waals surface area contributed by atoms with Gasteiger partial charge in [-0.1, -0.05) is 0 Å². The molecule has 0 bridgehead atoms. The second kappa shape index (κ2) is 5.05. The van der Waals surface area contributed by atoms with Crippen LogP contribution in [0.4, 0.5) is 11.4 Å². The van der Waals surface area contributed by atoms with Gasteiger partial charge in [0.25, 0.3) is 0 Å². The van der Waals surface area contributed by atoms with Gasteiger partial charge in [0.2, 0.25) is 0 Å². The molecule has 0 atom stereocenters. The Morgan fingerprint density at radius 2 is 2.18 bits per heavy atom. The average Bonchev–Trinajstić information content (AvgIpc) is 2.56. The molecule has 1 heterocycles. The molecular formula is C12H16N2O3. The molecule has 0 unspecified atom stereocenters. The van der Waals surface area contributed by atoms with Crippen molar-refractivity contribution in [2.24, 2.45) is 0 Å². The summed E-state index contributed by atoms with van der Waals surface area (Å²) in [5.41, 5.74) is 7.28. The van der Waals surface area contributed by atoms with Crippen molar-refractivity contribution in [1.82, 2.24) is 0 Å². The molecule has 1 aromatic rings. The molecule has 1 aliphatic rings. The molecular weight excluding hydrogens is 220 g/mol. The van der Waals surface area contributed by atoms with Crippen molar-refractivity contribution in [2.45, 2.75) is 6.42 Å². The molecule has 0 saturated carbocycles. The minimum atomic E-state index is -0.926. The Kier molecular flexibility index (Phi) is 3.49. The predicted octanol–water partition coefficient (Wildman–Crippen LogP) is 1.19. The molecule has 0 aromatic heterocycles. The fourth-order valence-electron chi connectivity index (χ4n) is 1.98. The van der Waals surface area contributed by atoms with Crippen LogP contribution in [0.25, 0.3) is 0 Å². The maximum atomic E-state index is 11.2. The van der Waals surface area contributed by atoms with Gasteiger partial charge in [-0.2, -0.15) is 0 Å². The zero-order valence-electron chi connectivity index (χ0n) is 9.56. The number of nitrogen functional groups attached to an aromatic ring is 1. The first-order chi connectivity index (χ1) is 8.18. The first-order valence-corrected chi connectivity index (χ1v) is 5.64. The fraction of sp³-hybridized carbons (Fsp3) is 0.417. The normalized spacial score (nSPS) is 16.6. The zero-order chi connectivity index (χ0) is 12.3. The van der Waals surface area contributed by atoms with Crippen molar-refractivity contribution in [2.75, 3.05) is 36.9 Å². The Morgan fingerprint density at radius 3 is 2.94 bits per heavy atom. The van der Waals surface area contributed by atoms with E-state index in [0.29, 0.717) is 30.1 Å². The largest absolute Gasteiger partial charge is 0.478 e. The number of aromatic carboxylic acids is 1. The molecule has 0 radical (unpaired) electrons. The van der Waals surface area contributed by atoms with E-state index in [1.807, 2.05) is 4.90 Å². The molecule has 1 saturated heterocycles. The van der Waals surface area contributed by atoms with Gasteiger partial charge in [0.15, 0.2) is 0 Å². The van der Waals surface area contributed by atoms with Gasteiger partial charge in [-0.3, -0.25) is 0 Å². The van der Waals surface area contributed by atoms with Gasteiger partial charge in [0.1, 0.15) is 0 Å². The number of nitrogens with two attached hydrogens (primary N) is 1. The van der Waals surface area contributed by atoms with Gasteiger partial charge in [0, 0.05) is 25.4 Å². The van der Waals surface area contributed by atoms with Crippen molar-refractivity contribution in [3.63, 3.8) is 0 Å². The molecule has 5 nitrogen and oxygen atoms in total. The van der Waals surface area contributed by atoms with Gasteiger partial charge >= 0.3 is 5.97 Å². The van der Waals surface area contributed by atoms with Crippen LogP contribution < -0.4 is 10.6 Å². The summed E-state index contributed by atoms with van der Waals surface area (Å²) < 4.78 is 5.36. The highest BCUT2D eigenvalue weighted by Gasteiger charge is 2.17. The van der Waals surface area contributed by atoms with Crippen molar-refractivity contribution in [3.8, 4) is 0 Å². The summed E-state index contributed by atoms with van der Waals surface area (Å²) in [6, 6.07) is 4.88. The molecule has 92 valence electrons. The van der Waals surface area contributed by atoms with Gasteiger partial charge < -0.3 is 20.5 Å². The maximum Gasteiger partial charge on any atom is 0.337 e. The smallest absolute Gasteiger partial charge is 0.337 e. The van der Waals surface area contributed by atoms with Gasteiger partial charge in [-0.25, -0.2) is 4.79 Å². The standard InChI is InChI=1S/C12H16N2O3/c13-9-2-3-10(12(15)16)11(8-9)14-4-1-6-17-7-5-14/h2-3,8H,1,4-7,13H2,(H,15,16). The van der Waals surface area contributed by atoms with Crippen LogP contribution in [0.1, 0.15) is 16.8 Å². The number of nitrogens with zero attached hydrogens (tertiary/aromatic N) is 1. The lowest BCUT2D eigenvalue weighted by molar-refractivity contribution is 0.0697. The topological polar surface area (TPSA) is 75.8 Å². The molecule has 0 aliphatic carbocycles. The summed E-state index contributed by atoms with van der Waals surface area (Å²) in [5, 5.41) is 9.16. The van der Waals surface area contributed by atoms with Crippen LogP contribution in [0, 0.1) is 0 Å². The van der Waals surface area contributed by atoms with E-state index in [9.17, 15) is 4.79 Å². The van der Waals surface area contributed by atoms with Gasteiger partial charge in [-0.05, 0) is 24.6 Å². The number of carbonyl (C=O) groups is 1. The lowest BCUT2D eigenvalue weighted by Crippen LogP contribution is -2.27. The number of hydrogen-bond donors (Lipinski definition) is 2. The predicted molar refractivity (Wildman–Crippen MR) is 65.5 cm³/mol. The first kappa shape index (κ1) is 11.7. The van der Waals surface area contributed by atoms with Crippen molar-refractivity contribution >= 4 is 17.3 Å². The highest BCUT2D eigenvalue weighted by Crippen LogP contribution is 2.24. The van der Waals surface area contributed by atoms with Crippen LogP contribution in [-0.4, -0.2) is 37.4 Å². The van der Waals surface area contributed by atoms with E-state index in [2.05, 4.69) is 0 Å². The number of benzene rings is 1. The van der Waals surface area contributed by atoms with Crippen LogP contribution in [0.2, 0.25) is 0 Å². The second-order valence-electron chi connectivity index (χ2n) is 4.03. The Morgan fingerprint density at radius 1 is 1.35 bits per heavy atom. The number of carboxylic acid groups (broad SMARTS) is 1. The monoisotopic (exact) mass is 236 g/mol. The van der Waals surface area contributed by atoms with E-state index in [-0.39, 0.29) is 0 Å². The van der Waals surface area contributed by atoms with Crippen molar-refractivity contribution < 1.29 is 14.6 Å². The van der Waals surface area contributed by atoms with Crippen molar-refractivity contribution in [3.05, 3.63) is 23.8 Å². The van der Waals surface area contributed by atoms with Gasteiger partial charge in [0.05, 0.1) is 17.9 Å². The zero-order valence-corrected chi connectivity index (χ0v) is 9.56. The Bertz CT molecular complexity index is 412. The minimum absolute atomic E-state index is 0.293. The highest BCUT2D eigenvalue weighted by atomic mass is 16.5. The van der Waals surface area contributed by atoms with E-state index >= 15 is 0 Å². The van der Waals surface area contributed by atoms with Crippen LogP contribution in [-0.2, 0) is 4.74 Å². The molecule has 17 heavy (non-hydrogen) atoms. The number of ether oxygens (including phenoxy) is 1. The molecule has 1 aromatic carbocycles. The molecule has 1 aliphatic heterocycles. The SMILES string of the molecule is Nc1ccc(C(=O)O)c(N2CCCOCC2)c1. The average molecular weight is 236 g/mol. The summed E-state index contributed by atoms with van der Waals surface area (Å²) in [4.78, 5) is 13.2. The van der Waals surface area contributed by atoms with E-state index < -0.39 is 5.97 Å². The third-order valence-electron chi connectivity index (χ3n) is 2.82. The lowest BCUT2D eigenvalue weighted by Gasteiger charge is -2.24. The highest BCUT2D eigenvalue weighted by molar-refractivity contribution is 5.95. The summed E-state index contributed by atoms with van der Waals surface area (Å²) in [6.07, 6.45) is 0.897. The van der Waals surface area contributed by atoms with Crippen LogP contribution in [0.3, 0.4) is 0 Å². The second-order valence-corrected chi connectivity index (χ2v) is 4.03. The summed E-state index contributed by atoms with van der Waals surface area (Å²) in [5.74, 6) is -0.926. The summed E-state index contributed by atoms with van der Waals surface area (Å²) in [7, 11) is 0. The number of carboxylic acids is 1. The summed E-state index contributed by atoms with van der Waals surface area (Å²) in [6.45, 7) is 2.84. The van der Waals surface area contributed by atoms with Crippen LogP contribution in [0.15, 0.2) is 18.2 Å². The third-order valence-corrected chi connectivity index (χ3v) is 2.82. The minimum Gasteiger partial charge on any atom is -0.478 e.